The maximum Gasteiger partial charge on any atom is 0.315 e. The molecule has 2 heterocycles. The van der Waals surface area contributed by atoms with Crippen LogP contribution in [0.4, 0.5) is 4.79 Å². The quantitative estimate of drug-likeness (QED) is 0.554. The number of urea groups is 1. The average Bonchev–Trinajstić information content (AvgIpc) is 2.94. The van der Waals surface area contributed by atoms with Crippen LogP contribution in [-0.2, 0) is 4.79 Å². The molecule has 2 aliphatic heterocycles. The molecule has 0 aliphatic carbocycles. The number of unbranched alkanes of at least 4 members (excludes halogenated alkanes) is 1. The Bertz CT molecular complexity index is 364. The predicted molar refractivity (Wildman–Crippen MR) is 81.9 cm³/mol. The first kappa shape index (κ1) is 15.5. The van der Waals surface area contributed by atoms with Gasteiger partial charge >= 0.3 is 6.03 Å². The minimum absolute atomic E-state index is 0.0262. The van der Waals surface area contributed by atoms with Gasteiger partial charge in [0.05, 0.1) is 12.1 Å². The van der Waals surface area contributed by atoms with E-state index in [1.54, 1.807) is 0 Å². The third-order valence-corrected chi connectivity index (χ3v) is 5.56. The standard InChI is InChI=1S/C14H25N3O2S/c1-3-8-17(2)12(18)7-5-4-6-11-13-10(9-20-11)15-14(19)16-13/h10-11,13H,3-9H2,1-2H3,(H2,15,16,19). The van der Waals surface area contributed by atoms with Crippen LogP contribution in [0.2, 0.25) is 0 Å². The van der Waals surface area contributed by atoms with Crippen LogP contribution in [0, 0.1) is 0 Å². The first-order valence-electron chi connectivity index (χ1n) is 7.54. The van der Waals surface area contributed by atoms with Crippen LogP contribution >= 0.6 is 11.8 Å². The molecule has 0 aromatic rings. The number of carbonyl (C=O) groups excluding carboxylic acids is 2. The second kappa shape index (κ2) is 7.20. The van der Waals surface area contributed by atoms with E-state index in [2.05, 4.69) is 17.6 Å². The normalized spacial score (nSPS) is 27.9. The van der Waals surface area contributed by atoms with Gasteiger partial charge < -0.3 is 15.5 Å². The molecule has 2 fully saturated rings. The predicted octanol–water partition coefficient (Wildman–Crippen LogP) is 1.58. The van der Waals surface area contributed by atoms with Gasteiger partial charge in [-0.3, -0.25) is 4.79 Å². The molecule has 0 aromatic carbocycles. The fourth-order valence-electron chi connectivity index (χ4n) is 2.92. The summed E-state index contributed by atoms with van der Waals surface area (Å²) in [5.74, 6) is 1.26. The van der Waals surface area contributed by atoms with Crippen molar-refractivity contribution in [3.8, 4) is 0 Å². The summed E-state index contributed by atoms with van der Waals surface area (Å²) in [5, 5.41) is 6.46. The zero-order valence-corrected chi connectivity index (χ0v) is 13.2. The first-order chi connectivity index (χ1) is 9.61. The van der Waals surface area contributed by atoms with Gasteiger partial charge in [-0.25, -0.2) is 4.79 Å². The lowest BCUT2D eigenvalue weighted by atomic mass is 10.0. The molecule has 2 N–H and O–H groups in total. The molecule has 0 aromatic heterocycles. The molecule has 0 saturated carbocycles. The number of hydrogen-bond acceptors (Lipinski definition) is 3. The van der Waals surface area contributed by atoms with Crippen molar-refractivity contribution in [1.29, 1.82) is 0 Å². The van der Waals surface area contributed by atoms with Crippen LogP contribution in [0.3, 0.4) is 0 Å². The SMILES string of the molecule is CCCN(C)C(=O)CCCCC1SCC2NC(=O)NC21. The van der Waals surface area contributed by atoms with Gasteiger partial charge in [0.1, 0.15) is 0 Å². The molecule has 0 radical (unpaired) electrons. The lowest BCUT2D eigenvalue weighted by Crippen LogP contribution is -2.36. The third kappa shape index (κ3) is 3.81. The lowest BCUT2D eigenvalue weighted by molar-refractivity contribution is -0.130. The van der Waals surface area contributed by atoms with E-state index in [1.807, 2.05) is 23.7 Å². The van der Waals surface area contributed by atoms with E-state index in [-0.39, 0.29) is 18.0 Å². The highest BCUT2D eigenvalue weighted by atomic mass is 32.2. The fraction of sp³-hybridized carbons (Fsp3) is 0.857. The van der Waals surface area contributed by atoms with E-state index < -0.39 is 0 Å². The monoisotopic (exact) mass is 299 g/mol. The summed E-state index contributed by atoms with van der Waals surface area (Å²) in [4.78, 5) is 24.9. The Morgan fingerprint density at radius 1 is 1.40 bits per heavy atom. The number of thioether (sulfide) groups is 1. The minimum Gasteiger partial charge on any atom is -0.346 e. The molecule has 2 rings (SSSR count). The second-order valence-electron chi connectivity index (χ2n) is 5.68. The van der Waals surface area contributed by atoms with E-state index in [4.69, 9.17) is 0 Å². The number of hydrogen-bond donors (Lipinski definition) is 2. The largest absolute Gasteiger partial charge is 0.346 e. The van der Waals surface area contributed by atoms with Gasteiger partial charge in [0.2, 0.25) is 5.91 Å². The fourth-order valence-corrected chi connectivity index (χ4v) is 4.46. The summed E-state index contributed by atoms with van der Waals surface area (Å²) in [6.45, 7) is 2.93. The van der Waals surface area contributed by atoms with Gasteiger partial charge in [0, 0.05) is 31.0 Å². The van der Waals surface area contributed by atoms with Crippen molar-refractivity contribution in [3.63, 3.8) is 0 Å². The molecular weight excluding hydrogens is 274 g/mol. The molecule has 0 spiro atoms. The zero-order chi connectivity index (χ0) is 14.5. The van der Waals surface area contributed by atoms with Gasteiger partial charge in [-0.15, -0.1) is 0 Å². The summed E-state index contributed by atoms with van der Waals surface area (Å²) >= 11 is 1.94. The number of amides is 3. The number of nitrogens with one attached hydrogen (secondary N) is 2. The van der Waals surface area contributed by atoms with E-state index >= 15 is 0 Å². The third-order valence-electron chi connectivity index (χ3n) is 4.05. The number of rotatable bonds is 7. The first-order valence-corrected chi connectivity index (χ1v) is 8.59. The highest BCUT2D eigenvalue weighted by molar-refractivity contribution is 8.00. The van der Waals surface area contributed by atoms with Gasteiger partial charge in [-0.2, -0.15) is 11.8 Å². The van der Waals surface area contributed by atoms with E-state index in [9.17, 15) is 9.59 Å². The molecule has 3 atom stereocenters. The van der Waals surface area contributed by atoms with Crippen molar-refractivity contribution in [2.45, 2.75) is 56.4 Å². The van der Waals surface area contributed by atoms with Crippen molar-refractivity contribution in [3.05, 3.63) is 0 Å². The van der Waals surface area contributed by atoms with Crippen LogP contribution in [0.25, 0.3) is 0 Å². The molecule has 3 amide bonds. The number of nitrogens with zero attached hydrogens (tertiary/aromatic N) is 1. The van der Waals surface area contributed by atoms with E-state index in [0.717, 1.165) is 38.0 Å². The Balaban J connectivity index is 1.62. The molecule has 2 aliphatic rings. The zero-order valence-electron chi connectivity index (χ0n) is 12.4. The number of fused-ring (bicyclic) bond motifs is 1. The van der Waals surface area contributed by atoms with Crippen LogP contribution in [0.5, 0.6) is 0 Å². The maximum atomic E-state index is 11.8. The van der Waals surface area contributed by atoms with Crippen molar-refractivity contribution in [2.75, 3.05) is 19.3 Å². The molecule has 3 unspecified atom stereocenters. The van der Waals surface area contributed by atoms with Crippen LogP contribution in [-0.4, -0.2) is 53.5 Å². The van der Waals surface area contributed by atoms with Crippen LogP contribution < -0.4 is 10.6 Å². The second-order valence-corrected chi connectivity index (χ2v) is 6.96. The van der Waals surface area contributed by atoms with Crippen molar-refractivity contribution >= 4 is 23.7 Å². The molecule has 20 heavy (non-hydrogen) atoms. The van der Waals surface area contributed by atoms with Crippen LogP contribution in [0.15, 0.2) is 0 Å². The summed E-state index contributed by atoms with van der Waals surface area (Å²) < 4.78 is 0. The molecule has 5 nitrogen and oxygen atoms in total. The molecule has 0 bridgehead atoms. The molecule has 114 valence electrons. The Kier molecular flexibility index (Phi) is 5.57. The Morgan fingerprint density at radius 3 is 2.95 bits per heavy atom. The van der Waals surface area contributed by atoms with E-state index in [0.29, 0.717) is 17.7 Å². The van der Waals surface area contributed by atoms with Crippen molar-refractivity contribution in [1.82, 2.24) is 15.5 Å². The molecular formula is C14H25N3O2S. The highest BCUT2D eigenvalue weighted by Gasteiger charge is 2.42. The summed E-state index contributed by atoms with van der Waals surface area (Å²) in [5.41, 5.74) is 0. The number of carbonyl (C=O) groups is 2. The summed E-state index contributed by atoms with van der Waals surface area (Å²) in [6, 6.07) is 0.558. The minimum atomic E-state index is -0.0262. The highest BCUT2D eigenvalue weighted by Crippen LogP contribution is 2.33. The van der Waals surface area contributed by atoms with Gasteiger partial charge in [0.25, 0.3) is 0 Å². The van der Waals surface area contributed by atoms with Gasteiger partial charge in [-0.1, -0.05) is 13.3 Å². The maximum absolute atomic E-state index is 11.8. The average molecular weight is 299 g/mol. The lowest BCUT2D eigenvalue weighted by Gasteiger charge is -2.18. The van der Waals surface area contributed by atoms with Gasteiger partial charge in [-0.05, 0) is 19.3 Å². The van der Waals surface area contributed by atoms with Crippen molar-refractivity contribution in [2.24, 2.45) is 0 Å². The Morgan fingerprint density at radius 2 is 2.20 bits per heavy atom. The summed E-state index contributed by atoms with van der Waals surface area (Å²) in [6.07, 6.45) is 4.74. The Hall–Kier alpha value is -0.910. The molecule has 2 saturated heterocycles. The molecule has 6 heteroatoms. The van der Waals surface area contributed by atoms with E-state index in [1.165, 1.54) is 0 Å². The topological polar surface area (TPSA) is 61.4 Å². The summed E-state index contributed by atoms with van der Waals surface area (Å²) in [7, 11) is 1.88. The van der Waals surface area contributed by atoms with Crippen LogP contribution in [0.1, 0.15) is 39.0 Å². The smallest absolute Gasteiger partial charge is 0.315 e. The van der Waals surface area contributed by atoms with Crippen molar-refractivity contribution < 1.29 is 9.59 Å². The van der Waals surface area contributed by atoms with Gasteiger partial charge in [0.15, 0.2) is 0 Å². The Labute approximate surface area is 125 Å².